The standard InChI is InChI=1S/C6H12O.C2H6O2/c1-3-5-6-7-4-2;3-1-2-4/h4H,2-3,5-6H2,1H3;3-4H,1-2H2. The van der Waals surface area contributed by atoms with Crippen LogP contribution in [0, 0.1) is 0 Å². The Morgan fingerprint density at radius 2 is 1.91 bits per heavy atom. The molecule has 3 heteroatoms. The van der Waals surface area contributed by atoms with Crippen molar-refractivity contribution in [2.75, 3.05) is 19.8 Å². The second kappa shape index (κ2) is 16.2. The van der Waals surface area contributed by atoms with E-state index in [9.17, 15) is 0 Å². The molecule has 0 radical (unpaired) electrons. The van der Waals surface area contributed by atoms with Crippen molar-refractivity contribution in [3.8, 4) is 0 Å². The van der Waals surface area contributed by atoms with Gasteiger partial charge in [-0.15, -0.1) is 0 Å². The number of hydrogen-bond donors (Lipinski definition) is 2. The van der Waals surface area contributed by atoms with E-state index >= 15 is 0 Å². The van der Waals surface area contributed by atoms with Crippen LogP contribution in [0.25, 0.3) is 0 Å². The monoisotopic (exact) mass is 162 g/mol. The number of rotatable bonds is 5. The average molecular weight is 162 g/mol. The van der Waals surface area contributed by atoms with E-state index in [1.165, 1.54) is 12.7 Å². The molecule has 0 aliphatic carbocycles. The van der Waals surface area contributed by atoms with Crippen molar-refractivity contribution in [1.82, 2.24) is 0 Å². The van der Waals surface area contributed by atoms with Crippen LogP contribution in [0.4, 0.5) is 0 Å². The van der Waals surface area contributed by atoms with E-state index in [-0.39, 0.29) is 13.2 Å². The minimum atomic E-state index is -0.125. The predicted octanol–water partition coefficient (Wildman–Crippen LogP) is 0.918. The number of aliphatic hydroxyl groups is 2. The van der Waals surface area contributed by atoms with E-state index in [1.807, 2.05) is 0 Å². The van der Waals surface area contributed by atoms with Gasteiger partial charge in [-0.2, -0.15) is 0 Å². The van der Waals surface area contributed by atoms with Crippen molar-refractivity contribution in [1.29, 1.82) is 0 Å². The second-order valence-electron chi connectivity index (χ2n) is 1.84. The fraction of sp³-hybridized carbons (Fsp3) is 0.750. The summed E-state index contributed by atoms with van der Waals surface area (Å²) in [5.74, 6) is 0. The maximum Gasteiger partial charge on any atom is 0.0872 e. The number of hydrogen-bond acceptors (Lipinski definition) is 3. The quantitative estimate of drug-likeness (QED) is 0.467. The summed E-state index contributed by atoms with van der Waals surface area (Å²) in [6.45, 7) is 6.11. The highest BCUT2D eigenvalue weighted by Crippen LogP contribution is 1.85. The van der Waals surface area contributed by atoms with Crippen LogP contribution in [0.3, 0.4) is 0 Å². The summed E-state index contributed by atoms with van der Waals surface area (Å²) in [5, 5.41) is 15.2. The zero-order valence-electron chi connectivity index (χ0n) is 7.12. The summed E-state index contributed by atoms with van der Waals surface area (Å²) in [7, 11) is 0. The van der Waals surface area contributed by atoms with Gasteiger partial charge in [-0.3, -0.25) is 0 Å². The summed E-state index contributed by atoms with van der Waals surface area (Å²) in [6, 6.07) is 0. The smallest absolute Gasteiger partial charge is 0.0872 e. The van der Waals surface area contributed by atoms with E-state index in [2.05, 4.69) is 13.5 Å². The first-order chi connectivity index (χ1) is 5.33. The Hall–Kier alpha value is -0.540. The van der Waals surface area contributed by atoms with Crippen molar-refractivity contribution in [3.63, 3.8) is 0 Å². The molecular formula is C8H18O3. The molecule has 0 rings (SSSR count). The molecule has 0 aromatic heterocycles. The van der Waals surface area contributed by atoms with Gasteiger partial charge in [0.2, 0.25) is 0 Å². The van der Waals surface area contributed by atoms with E-state index in [1.54, 1.807) is 0 Å². The lowest BCUT2D eigenvalue weighted by atomic mass is 10.4. The summed E-state index contributed by atoms with van der Waals surface area (Å²) in [6.07, 6.45) is 3.80. The van der Waals surface area contributed by atoms with Crippen LogP contribution >= 0.6 is 0 Å². The largest absolute Gasteiger partial charge is 0.502 e. The summed E-state index contributed by atoms with van der Waals surface area (Å²) >= 11 is 0. The van der Waals surface area contributed by atoms with Gasteiger partial charge in [0.25, 0.3) is 0 Å². The minimum absolute atomic E-state index is 0.125. The molecule has 0 aliphatic heterocycles. The molecule has 2 N–H and O–H groups in total. The Morgan fingerprint density at radius 1 is 1.36 bits per heavy atom. The van der Waals surface area contributed by atoms with Crippen LogP contribution in [0.5, 0.6) is 0 Å². The molecule has 0 amide bonds. The zero-order chi connectivity index (χ0) is 8.95. The van der Waals surface area contributed by atoms with E-state index < -0.39 is 0 Å². The molecule has 0 fully saturated rings. The summed E-state index contributed by atoms with van der Waals surface area (Å²) < 4.78 is 4.84. The maximum absolute atomic E-state index is 7.62. The third-order valence-corrected chi connectivity index (χ3v) is 0.834. The Balaban J connectivity index is 0. The average Bonchev–Trinajstić information content (AvgIpc) is 2.06. The molecule has 0 aromatic carbocycles. The third-order valence-electron chi connectivity index (χ3n) is 0.834. The highest BCUT2D eigenvalue weighted by atomic mass is 16.5. The van der Waals surface area contributed by atoms with Crippen molar-refractivity contribution in [2.24, 2.45) is 0 Å². The van der Waals surface area contributed by atoms with Gasteiger partial charge in [0.05, 0.1) is 26.1 Å². The molecule has 0 aliphatic rings. The van der Waals surface area contributed by atoms with Gasteiger partial charge in [0, 0.05) is 0 Å². The van der Waals surface area contributed by atoms with Gasteiger partial charge in [-0.05, 0) is 6.42 Å². The number of aliphatic hydroxyl groups excluding tert-OH is 2. The first-order valence-corrected chi connectivity index (χ1v) is 3.77. The Labute approximate surface area is 68.3 Å². The predicted molar refractivity (Wildman–Crippen MR) is 45.2 cm³/mol. The minimum Gasteiger partial charge on any atom is -0.502 e. The molecule has 0 aromatic rings. The van der Waals surface area contributed by atoms with E-state index in [4.69, 9.17) is 14.9 Å². The maximum atomic E-state index is 7.62. The molecule has 11 heavy (non-hydrogen) atoms. The van der Waals surface area contributed by atoms with E-state index in [0.29, 0.717) is 0 Å². The molecule has 0 heterocycles. The Bertz CT molecular complexity index is 62.4. The first-order valence-electron chi connectivity index (χ1n) is 3.77. The van der Waals surface area contributed by atoms with Gasteiger partial charge in [0.1, 0.15) is 0 Å². The second-order valence-corrected chi connectivity index (χ2v) is 1.84. The molecule has 0 bridgehead atoms. The van der Waals surface area contributed by atoms with Gasteiger partial charge in [-0.1, -0.05) is 19.9 Å². The lowest BCUT2D eigenvalue weighted by Gasteiger charge is -1.93. The SMILES string of the molecule is C=COCCCC.OCCO. The van der Waals surface area contributed by atoms with Crippen molar-refractivity contribution in [2.45, 2.75) is 19.8 Å². The summed E-state index contributed by atoms with van der Waals surface area (Å²) in [5.41, 5.74) is 0. The molecule has 0 saturated carbocycles. The van der Waals surface area contributed by atoms with Gasteiger partial charge in [-0.25, -0.2) is 0 Å². The van der Waals surface area contributed by atoms with Crippen LogP contribution in [0.1, 0.15) is 19.8 Å². The lowest BCUT2D eigenvalue weighted by molar-refractivity contribution is 0.186. The molecule has 0 atom stereocenters. The van der Waals surface area contributed by atoms with Crippen molar-refractivity contribution in [3.05, 3.63) is 12.8 Å². The molecule has 0 saturated heterocycles. The molecule has 0 unspecified atom stereocenters. The highest BCUT2D eigenvalue weighted by molar-refractivity contribution is 4.47. The highest BCUT2D eigenvalue weighted by Gasteiger charge is 1.76. The third kappa shape index (κ3) is 26.5. The first kappa shape index (κ1) is 13.1. The van der Waals surface area contributed by atoms with Crippen LogP contribution < -0.4 is 0 Å². The van der Waals surface area contributed by atoms with E-state index in [0.717, 1.165) is 13.0 Å². The van der Waals surface area contributed by atoms with Crippen molar-refractivity contribution < 1.29 is 14.9 Å². The van der Waals surface area contributed by atoms with Crippen LogP contribution in [-0.4, -0.2) is 30.0 Å². The Morgan fingerprint density at radius 3 is 2.18 bits per heavy atom. The lowest BCUT2D eigenvalue weighted by Crippen LogP contribution is -1.85. The summed E-state index contributed by atoms with van der Waals surface area (Å²) in [4.78, 5) is 0. The van der Waals surface area contributed by atoms with Gasteiger partial charge < -0.3 is 14.9 Å². The van der Waals surface area contributed by atoms with Crippen molar-refractivity contribution >= 4 is 0 Å². The van der Waals surface area contributed by atoms with Crippen LogP contribution in [-0.2, 0) is 4.74 Å². The Kier molecular flexibility index (Phi) is 19.3. The number of unbranched alkanes of at least 4 members (excludes halogenated alkanes) is 1. The van der Waals surface area contributed by atoms with Gasteiger partial charge >= 0.3 is 0 Å². The number of ether oxygens (including phenoxy) is 1. The molecule has 0 spiro atoms. The van der Waals surface area contributed by atoms with Gasteiger partial charge in [0.15, 0.2) is 0 Å². The van der Waals surface area contributed by atoms with Crippen LogP contribution in [0.15, 0.2) is 12.8 Å². The fourth-order valence-electron chi connectivity index (χ4n) is 0.311. The normalized spacial score (nSPS) is 7.91. The fourth-order valence-corrected chi connectivity index (χ4v) is 0.311. The topological polar surface area (TPSA) is 49.7 Å². The van der Waals surface area contributed by atoms with Crippen LogP contribution in [0.2, 0.25) is 0 Å². The molecule has 3 nitrogen and oxygen atoms in total. The molecule has 68 valence electrons. The molecular weight excluding hydrogens is 144 g/mol. The zero-order valence-corrected chi connectivity index (χ0v) is 7.12.